The van der Waals surface area contributed by atoms with Gasteiger partial charge in [0.25, 0.3) is 0 Å². The van der Waals surface area contributed by atoms with Crippen molar-refractivity contribution in [2.75, 3.05) is 14.2 Å². The maximum absolute atomic E-state index is 5.44. The molecule has 3 aromatic rings. The van der Waals surface area contributed by atoms with Gasteiger partial charge in [0.05, 0.1) is 28.7 Å². The van der Waals surface area contributed by atoms with Gasteiger partial charge in [-0.2, -0.15) is 5.10 Å². The van der Waals surface area contributed by atoms with E-state index in [1.165, 1.54) is 0 Å². The summed E-state index contributed by atoms with van der Waals surface area (Å²) in [5, 5.41) is 5.36. The first-order valence-electron chi connectivity index (χ1n) is 6.99. The van der Waals surface area contributed by atoms with Gasteiger partial charge in [0.2, 0.25) is 0 Å². The second-order valence-corrected chi connectivity index (χ2v) is 7.49. The van der Waals surface area contributed by atoms with Crippen molar-refractivity contribution in [2.24, 2.45) is 0 Å². The third-order valence-electron chi connectivity index (χ3n) is 3.16. The van der Waals surface area contributed by atoms with E-state index in [1.807, 2.05) is 37.6 Å². The van der Waals surface area contributed by atoms with E-state index in [2.05, 4.69) is 16.1 Å². The predicted molar refractivity (Wildman–Crippen MR) is 92.2 cm³/mol. The number of hydrogen-bond donors (Lipinski definition) is 0. The fraction of sp³-hybridized carbons (Fsp3) is 0.250. The molecule has 0 saturated heterocycles. The monoisotopic (exact) mass is 347 g/mol. The molecule has 0 saturated carbocycles. The van der Waals surface area contributed by atoms with Gasteiger partial charge < -0.3 is 9.47 Å². The third-order valence-corrected chi connectivity index (χ3v) is 5.15. The van der Waals surface area contributed by atoms with E-state index in [1.54, 1.807) is 42.0 Å². The minimum atomic E-state index is 0.436. The summed E-state index contributed by atoms with van der Waals surface area (Å²) in [7, 11) is 3.33. The van der Waals surface area contributed by atoms with E-state index in [9.17, 15) is 0 Å². The number of ether oxygens (including phenoxy) is 2. The number of rotatable bonds is 6. The van der Waals surface area contributed by atoms with E-state index in [0.29, 0.717) is 6.73 Å². The lowest BCUT2D eigenvalue weighted by Crippen LogP contribution is -1.98. The molecule has 0 N–H and O–H groups in total. The summed E-state index contributed by atoms with van der Waals surface area (Å²) in [6.45, 7) is 2.45. The molecule has 0 spiro atoms. The van der Waals surface area contributed by atoms with Crippen molar-refractivity contribution in [3.05, 3.63) is 41.8 Å². The molecule has 23 heavy (non-hydrogen) atoms. The zero-order chi connectivity index (χ0) is 16.2. The quantitative estimate of drug-likeness (QED) is 0.672. The zero-order valence-corrected chi connectivity index (χ0v) is 14.8. The summed E-state index contributed by atoms with van der Waals surface area (Å²) in [5.41, 5.74) is 2.10. The normalized spacial score (nSPS) is 10.9. The van der Waals surface area contributed by atoms with E-state index >= 15 is 0 Å². The van der Waals surface area contributed by atoms with Crippen LogP contribution in [0.5, 0.6) is 5.75 Å². The Labute approximate surface area is 143 Å². The lowest BCUT2D eigenvalue weighted by molar-refractivity contribution is 0.120. The van der Waals surface area contributed by atoms with Gasteiger partial charge in [-0.3, -0.25) is 0 Å². The van der Waals surface area contributed by atoms with Gasteiger partial charge in [0.15, 0.2) is 0 Å². The molecule has 3 rings (SSSR count). The fourth-order valence-electron chi connectivity index (χ4n) is 2.14. The molecular weight excluding hydrogens is 330 g/mol. The van der Waals surface area contributed by atoms with Gasteiger partial charge in [-0.05, 0) is 30.7 Å². The average Bonchev–Trinajstić information content (AvgIpc) is 3.17. The largest absolute Gasteiger partial charge is 0.497 e. The van der Waals surface area contributed by atoms with Crippen LogP contribution < -0.4 is 4.74 Å². The molecule has 0 aliphatic heterocycles. The Morgan fingerprint density at radius 3 is 2.74 bits per heavy atom. The standard InChI is InChI=1S/C16H17N3O2S2/c1-11-17-8-16(22-11)23-15-5-12(4-14(6-15)21-3)13-7-18-19(9-13)10-20-2/h4-9H,10H2,1-3H3. The molecular formula is C16H17N3O2S2. The maximum Gasteiger partial charge on any atom is 0.138 e. The van der Waals surface area contributed by atoms with Crippen molar-refractivity contribution < 1.29 is 9.47 Å². The summed E-state index contributed by atoms with van der Waals surface area (Å²) in [6, 6.07) is 6.18. The highest BCUT2D eigenvalue weighted by molar-refractivity contribution is 8.01. The highest BCUT2D eigenvalue weighted by Crippen LogP contribution is 2.36. The Kier molecular flexibility index (Phi) is 5.00. The molecule has 0 unspecified atom stereocenters. The summed E-state index contributed by atoms with van der Waals surface area (Å²) < 4.78 is 13.5. The molecule has 2 aromatic heterocycles. The Balaban J connectivity index is 1.91. The van der Waals surface area contributed by atoms with Crippen molar-refractivity contribution in [3.63, 3.8) is 0 Å². The van der Waals surface area contributed by atoms with Crippen molar-refractivity contribution in [1.29, 1.82) is 0 Å². The smallest absolute Gasteiger partial charge is 0.138 e. The van der Waals surface area contributed by atoms with Crippen LogP contribution in [0, 0.1) is 6.92 Å². The van der Waals surface area contributed by atoms with Gasteiger partial charge >= 0.3 is 0 Å². The molecule has 0 aliphatic rings. The van der Waals surface area contributed by atoms with E-state index in [4.69, 9.17) is 9.47 Å². The van der Waals surface area contributed by atoms with E-state index in [0.717, 1.165) is 31.0 Å². The Bertz CT molecular complexity index is 798. The molecule has 1 aromatic carbocycles. The molecule has 0 aliphatic carbocycles. The van der Waals surface area contributed by atoms with Crippen LogP contribution in [-0.2, 0) is 11.5 Å². The van der Waals surface area contributed by atoms with E-state index < -0.39 is 0 Å². The van der Waals surface area contributed by atoms with Crippen LogP contribution in [0.4, 0.5) is 0 Å². The van der Waals surface area contributed by atoms with Gasteiger partial charge in [-0.15, -0.1) is 11.3 Å². The van der Waals surface area contributed by atoms with Crippen molar-refractivity contribution in [2.45, 2.75) is 22.8 Å². The molecule has 0 bridgehead atoms. The molecule has 0 atom stereocenters. The van der Waals surface area contributed by atoms with Gasteiger partial charge in [0.1, 0.15) is 12.5 Å². The summed E-state index contributed by atoms with van der Waals surface area (Å²) >= 11 is 3.37. The third kappa shape index (κ3) is 3.93. The Hall–Kier alpha value is -1.83. The minimum Gasteiger partial charge on any atom is -0.497 e. The summed E-state index contributed by atoms with van der Waals surface area (Å²) in [4.78, 5) is 5.41. The Morgan fingerprint density at radius 1 is 1.17 bits per heavy atom. The van der Waals surface area contributed by atoms with Gasteiger partial charge in [-0.1, -0.05) is 11.8 Å². The number of aromatic nitrogens is 3. The van der Waals surface area contributed by atoms with Crippen LogP contribution in [0.15, 0.2) is 45.9 Å². The predicted octanol–water partition coefficient (Wildman–Crippen LogP) is 4.08. The van der Waals surface area contributed by atoms with Crippen LogP contribution >= 0.6 is 23.1 Å². The van der Waals surface area contributed by atoms with Crippen molar-refractivity contribution in [1.82, 2.24) is 14.8 Å². The second-order valence-electron chi connectivity index (χ2n) is 4.88. The first kappa shape index (κ1) is 16.0. The number of nitrogens with zero attached hydrogens (tertiary/aromatic N) is 3. The van der Waals surface area contributed by atoms with Gasteiger partial charge in [-0.25, -0.2) is 9.67 Å². The number of benzene rings is 1. The van der Waals surface area contributed by atoms with Crippen LogP contribution in [-0.4, -0.2) is 29.0 Å². The SMILES string of the molecule is COCn1cc(-c2cc(OC)cc(Sc3cnc(C)s3)c2)cn1. The van der Waals surface area contributed by atoms with Crippen molar-refractivity contribution in [3.8, 4) is 16.9 Å². The number of aryl methyl sites for hydroxylation is 1. The number of thiazole rings is 1. The highest BCUT2D eigenvalue weighted by Gasteiger charge is 2.09. The lowest BCUT2D eigenvalue weighted by Gasteiger charge is -2.07. The average molecular weight is 347 g/mol. The molecule has 120 valence electrons. The van der Waals surface area contributed by atoms with Crippen molar-refractivity contribution >= 4 is 23.1 Å². The summed E-state index contributed by atoms with van der Waals surface area (Å²) in [6.07, 6.45) is 5.70. The second kappa shape index (κ2) is 7.16. The molecule has 0 radical (unpaired) electrons. The fourth-order valence-corrected chi connectivity index (χ4v) is 4.15. The first-order valence-corrected chi connectivity index (χ1v) is 8.62. The van der Waals surface area contributed by atoms with Crippen LogP contribution in [0.2, 0.25) is 0 Å². The van der Waals surface area contributed by atoms with Crippen LogP contribution in [0.1, 0.15) is 5.01 Å². The number of hydrogen-bond acceptors (Lipinski definition) is 6. The van der Waals surface area contributed by atoms with Crippen LogP contribution in [0.25, 0.3) is 11.1 Å². The van der Waals surface area contributed by atoms with Gasteiger partial charge in [0, 0.05) is 23.8 Å². The summed E-state index contributed by atoms with van der Waals surface area (Å²) in [5.74, 6) is 0.825. The Morgan fingerprint density at radius 2 is 2.04 bits per heavy atom. The van der Waals surface area contributed by atoms with E-state index in [-0.39, 0.29) is 0 Å². The first-order chi connectivity index (χ1) is 11.2. The molecule has 0 amide bonds. The number of methoxy groups -OCH3 is 2. The highest BCUT2D eigenvalue weighted by atomic mass is 32.2. The lowest BCUT2D eigenvalue weighted by atomic mass is 10.1. The minimum absolute atomic E-state index is 0.436. The maximum atomic E-state index is 5.44. The molecule has 2 heterocycles. The molecule has 7 heteroatoms. The van der Waals surface area contributed by atoms with Crippen LogP contribution in [0.3, 0.4) is 0 Å². The topological polar surface area (TPSA) is 49.2 Å². The zero-order valence-electron chi connectivity index (χ0n) is 13.1. The molecule has 0 fully saturated rings. The molecule has 5 nitrogen and oxygen atoms in total.